The number of likely N-dealkylation sites (N-methyl/N-ethyl adjacent to an activating group) is 1. The maximum atomic E-state index is 11.7. The van der Waals surface area contributed by atoms with E-state index in [0.717, 1.165) is 36.6 Å². The van der Waals surface area contributed by atoms with Crippen molar-refractivity contribution in [1.29, 1.82) is 0 Å². The minimum absolute atomic E-state index is 0.178. The summed E-state index contributed by atoms with van der Waals surface area (Å²) in [6.07, 6.45) is 5.30. The van der Waals surface area contributed by atoms with E-state index in [2.05, 4.69) is 5.10 Å². The van der Waals surface area contributed by atoms with Crippen molar-refractivity contribution in [3.63, 3.8) is 0 Å². The SMILES string of the molecule is COc1cc2nn(C3CCC4(CC3)COC(=O)N4C)cc2cc1C(N)=O. The Labute approximate surface area is 150 Å². The Morgan fingerprint density at radius 1 is 1.38 bits per heavy atom. The van der Waals surface area contributed by atoms with Crippen molar-refractivity contribution < 1.29 is 19.1 Å². The van der Waals surface area contributed by atoms with Gasteiger partial charge in [-0.2, -0.15) is 5.10 Å². The van der Waals surface area contributed by atoms with Gasteiger partial charge in [0.1, 0.15) is 12.4 Å². The van der Waals surface area contributed by atoms with E-state index in [9.17, 15) is 9.59 Å². The van der Waals surface area contributed by atoms with Crippen LogP contribution >= 0.6 is 0 Å². The molecular formula is C18H22N4O4. The summed E-state index contributed by atoms with van der Waals surface area (Å²) in [5.41, 5.74) is 6.37. The van der Waals surface area contributed by atoms with Crippen LogP contribution < -0.4 is 10.5 Å². The first-order valence-corrected chi connectivity index (χ1v) is 8.71. The highest BCUT2D eigenvalue weighted by Crippen LogP contribution is 2.41. The van der Waals surface area contributed by atoms with Gasteiger partial charge in [-0.3, -0.25) is 9.48 Å². The second-order valence-corrected chi connectivity index (χ2v) is 7.15. The number of aromatic nitrogens is 2. The number of benzene rings is 1. The minimum Gasteiger partial charge on any atom is -0.496 e. The fourth-order valence-electron chi connectivity index (χ4n) is 4.09. The Balaban J connectivity index is 1.58. The number of fused-ring (bicyclic) bond motifs is 1. The molecule has 1 aliphatic heterocycles. The zero-order valence-electron chi connectivity index (χ0n) is 14.9. The Bertz CT molecular complexity index is 883. The number of nitrogens with two attached hydrogens (primary N) is 1. The summed E-state index contributed by atoms with van der Waals surface area (Å²) in [6, 6.07) is 3.72. The van der Waals surface area contributed by atoms with Crippen LogP contribution in [0.3, 0.4) is 0 Å². The largest absolute Gasteiger partial charge is 0.496 e. The van der Waals surface area contributed by atoms with Gasteiger partial charge in [0.15, 0.2) is 0 Å². The van der Waals surface area contributed by atoms with Crippen LogP contribution in [0.15, 0.2) is 18.3 Å². The molecule has 2 N–H and O–H groups in total. The lowest BCUT2D eigenvalue weighted by Gasteiger charge is -2.39. The summed E-state index contributed by atoms with van der Waals surface area (Å²) >= 11 is 0. The van der Waals surface area contributed by atoms with Gasteiger partial charge in [0.25, 0.3) is 5.91 Å². The number of primary amides is 1. The molecular weight excluding hydrogens is 336 g/mol. The zero-order chi connectivity index (χ0) is 18.5. The second kappa shape index (κ2) is 5.89. The number of hydrogen-bond donors (Lipinski definition) is 1. The van der Waals surface area contributed by atoms with Crippen LogP contribution in [-0.4, -0.2) is 53.0 Å². The highest BCUT2D eigenvalue weighted by molar-refractivity contribution is 6.00. The average Bonchev–Trinajstić information content (AvgIpc) is 3.18. The van der Waals surface area contributed by atoms with Gasteiger partial charge >= 0.3 is 6.09 Å². The average molecular weight is 358 g/mol. The molecule has 2 aliphatic rings. The van der Waals surface area contributed by atoms with Crippen molar-refractivity contribution in [3.05, 3.63) is 23.9 Å². The molecule has 0 unspecified atom stereocenters. The molecule has 1 aliphatic carbocycles. The summed E-state index contributed by atoms with van der Waals surface area (Å²) in [5.74, 6) is -0.0915. The molecule has 1 aromatic carbocycles. The molecule has 1 saturated heterocycles. The first-order chi connectivity index (χ1) is 12.4. The van der Waals surface area contributed by atoms with Crippen molar-refractivity contribution in [3.8, 4) is 5.75 Å². The van der Waals surface area contributed by atoms with Gasteiger partial charge in [0, 0.05) is 24.7 Å². The lowest BCUT2D eigenvalue weighted by Crippen LogP contribution is -2.47. The Hall–Kier alpha value is -2.77. The molecule has 8 heteroatoms. The lowest BCUT2D eigenvalue weighted by atomic mass is 9.79. The third-order valence-corrected chi connectivity index (χ3v) is 5.82. The number of hydrogen-bond acceptors (Lipinski definition) is 5. The fourth-order valence-corrected chi connectivity index (χ4v) is 4.09. The Morgan fingerprint density at radius 3 is 2.69 bits per heavy atom. The van der Waals surface area contributed by atoms with Crippen LogP contribution in [0.25, 0.3) is 10.9 Å². The number of amides is 2. The molecule has 0 atom stereocenters. The van der Waals surface area contributed by atoms with E-state index in [-0.39, 0.29) is 17.7 Å². The van der Waals surface area contributed by atoms with E-state index < -0.39 is 5.91 Å². The summed E-state index contributed by atoms with van der Waals surface area (Å²) in [7, 11) is 3.32. The molecule has 2 aromatic rings. The van der Waals surface area contributed by atoms with Gasteiger partial charge in [0.2, 0.25) is 0 Å². The van der Waals surface area contributed by atoms with Crippen LogP contribution in [-0.2, 0) is 4.74 Å². The van der Waals surface area contributed by atoms with Crippen molar-refractivity contribution >= 4 is 22.9 Å². The van der Waals surface area contributed by atoms with Crippen LogP contribution in [0, 0.1) is 0 Å². The van der Waals surface area contributed by atoms with E-state index in [1.54, 1.807) is 17.0 Å². The third-order valence-electron chi connectivity index (χ3n) is 5.82. The number of carbonyl (C=O) groups is 2. The molecule has 26 heavy (non-hydrogen) atoms. The maximum absolute atomic E-state index is 11.7. The summed E-state index contributed by atoms with van der Waals surface area (Å²) in [5, 5.41) is 5.52. The lowest BCUT2D eigenvalue weighted by molar-refractivity contribution is 0.0997. The van der Waals surface area contributed by atoms with Gasteiger partial charge in [-0.1, -0.05) is 0 Å². The number of cyclic esters (lactones) is 1. The molecule has 0 bridgehead atoms. The van der Waals surface area contributed by atoms with Gasteiger partial charge < -0.3 is 20.1 Å². The first-order valence-electron chi connectivity index (χ1n) is 8.71. The van der Waals surface area contributed by atoms with Gasteiger partial charge in [-0.25, -0.2) is 4.79 Å². The topological polar surface area (TPSA) is 99.7 Å². The quantitative estimate of drug-likeness (QED) is 0.905. The van der Waals surface area contributed by atoms with Gasteiger partial charge in [0.05, 0.1) is 29.8 Å². The zero-order valence-corrected chi connectivity index (χ0v) is 14.9. The first kappa shape index (κ1) is 16.7. The van der Waals surface area contributed by atoms with Crippen molar-refractivity contribution in [1.82, 2.24) is 14.7 Å². The van der Waals surface area contributed by atoms with Gasteiger partial charge in [-0.15, -0.1) is 0 Å². The number of carbonyl (C=O) groups excluding carboxylic acids is 2. The molecule has 2 heterocycles. The molecule has 1 saturated carbocycles. The highest BCUT2D eigenvalue weighted by Gasteiger charge is 2.47. The summed E-state index contributed by atoms with van der Waals surface area (Å²) in [6.45, 7) is 0.468. The molecule has 2 amide bonds. The molecule has 0 radical (unpaired) electrons. The van der Waals surface area contributed by atoms with E-state index in [0.29, 0.717) is 17.9 Å². The predicted molar refractivity (Wildman–Crippen MR) is 94.1 cm³/mol. The Kier molecular flexibility index (Phi) is 3.78. The number of methoxy groups -OCH3 is 1. The van der Waals surface area contributed by atoms with Crippen molar-refractivity contribution in [2.75, 3.05) is 20.8 Å². The van der Waals surface area contributed by atoms with E-state index in [1.165, 1.54) is 7.11 Å². The molecule has 1 spiro atoms. The molecule has 8 nitrogen and oxygen atoms in total. The smallest absolute Gasteiger partial charge is 0.410 e. The summed E-state index contributed by atoms with van der Waals surface area (Å²) in [4.78, 5) is 25.0. The molecule has 4 rings (SSSR count). The van der Waals surface area contributed by atoms with E-state index >= 15 is 0 Å². The number of nitrogens with zero attached hydrogens (tertiary/aromatic N) is 3. The Morgan fingerprint density at radius 2 is 2.12 bits per heavy atom. The minimum atomic E-state index is -0.523. The number of rotatable bonds is 3. The summed E-state index contributed by atoms with van der Waals surface area (Å²) < 4.78 is 12.4. The standard InChI is InChI=1S/C18H22N4O4/c1-21-17(24)26-10-18(21)5-3-12(4-6-18)22-9-11-7-13(16(19)23)15(25-2)8-14(11)20-22/h7-9,12H,3-6,10H2,1-2H3,(H2,19,23). The monoisotopic (exact) mass is 358 g/mol. The van der Waals surface area contributed by atoms with Gasteiger partial charge in [-0.05, 0) is 31.7 Å². The third kappa shape index (κ3) is 2.48. The van der Waals surface area contributed by atoms with E-state index in [1.807, 2.05) is 17.9 Å². The van der Waals surface area contributed by atoms with Crippen molar-refractivity contribution in [2.24, 2.45) is 5.73 Å². The second-order valence-electron chi connectivity index (χ2n) is 7.15. The van der Waals surface area contributed by atoms with Crippen LogP contribution in [0.1, 0.15) is 42.1 Å². The predicted octanol–water partition coefficient (Wildman–Crippen LogP) is 2.08. The van der Waals surface area contributed by atoms with Crippen LogP contribution in [0.4, 0.5) is 4.79 Å². The maximum Gasteiger partial charge on any atom is 0.410 e. The molecule has 2 fully saturated rings. The fraction of sp³-hybridized carbons (Fsp3) is 0.500. The number of ether oxygens (including phenoxy) is 2. The van der Waals surface area contributed by atoms with Crippen molar-refractivity contribution in [2.45, 2.75) is 37.3 Å². The van der Waals surface area contributed by atoms with E-state index in [4.69, 9.17) is 15.2 Å². The molecule has 1 aromatic heterocycles. The highest BCUT2D eigenvalue weighted by atomic mass is 16.6. The van der Waals surface area contributed by atoms with Crippen LogP contribution in [0.2, 0.25) is 0 Å². The van der Waals surface area contributed by atoms with Crippen LogP contribution in [0.5, 0.6) is 5.75 Å². The molecule has 138 valence electrons. The normalized spacial score (nSPS) is 25.7.